The summed E-state index contributed by atoms with van der Waals surface area (Å²) >= 11 is 0. The van der Waals surface area contributed by atoms with E-state index in [1.54, 1.807) is 7.11 Å². The van der Waals surface area contributed by atoms with Gasteiger partial charge in [0.1, 0.15) is 11.8 Å². The molecule has 0 radical (unpaired) electrons. The van der Waals surface area contributed by atoms with Crippen molar-refractivity contribution in [2.45, 2.75) is 39.0 Å². The Balaban J connectivity index is 1.82. The number of nitrogens with zero attached hydrogens (tertiary/aromatic N) is 1. The van der Waals surface area contributed by atoms with Crippen molar-refractivity contribution >= 4 is 0 Å². The molecule has 0 aromatic heterocycles. The molecule has 1 aromatic rings. The molecule has 1 N–H and O–H groups in total. The van der Waals surface area contributed by atoms with Crippen LogP contribution < -0.4 is 10.1 Å². The molecule has 0 saturated heterocycles. The maximum atomic E-state index is 8.46. The van der Waals surface area contributed by atoms with Gasteiger partial charge in [0.05, 0.1) is 6.10 Å². The number of rotatable bonds is 6. The third kappa shape index (κ3) is 3.12. The second-order valence-electron chi connectivity index (χ2n) is 5.81. The van der Waals surface area contributed by atoms with E-state index < -0.39 is 0 Å². The molecule has 0 spiro atoms. The van der Waals surface area contributed by atoms with E-state index in [4.69, 9.17) is 14.7 Å². The fraction of sp³-hybridized carbons (Fsp3) is 0.562. The first-order valence-electron chi connectivity index (χ1n) is 6.92. The maximum Gasteiger partial charge on any atom is 0.174 e. The van der Waals surface area contributed by atoms with Crippen molar-refractivity contribution in [2.24, 2.45) is 5.41 Å². The Morgan fingerprint density at radius 3 is 2.60 bits per heavy atom. The molecule has 0 bridgehead atoms. The van der Waals surface area contributed by atoms with E-state index in [1.807, 2.05) is 30.3 Å². The predicted molar refractivity (Wildman–Crippen MR) is 77.4 cm³/mol. The zero-order valence-corrected chi connectivity index (χ0v) is 12.3. The maximum absolute atomic E-state index is 8.46. The van der Waals surface area contributed by atoms with E-state index in [1.165, 1.54) is 5.56 Å². The van der Waals surface area contributed by atoms with Crippen molar-refractivity contribution < 1.29 is 9.47 Å². The summed E-state index contributed by atoms with van der Waals surface area (Å²) in [5, 5.41) is 12.0. The lowest BCUT2D eigenvalue weighted by atomic mass is 9.64. The van der Waals surface area contributed by atoms with E-state index in [-0.39, 0.29) is 12.0 Å². The minimum absolute atomic E-state index is 0.0895. The van der Waals surface area contributed by atoms with Crippen LogP contribution in [0, 0.1) is 16.7 Å². The van der Waals surface area contributed by atoms with Gasteiger partial charge in [0.15, 0.2) is 6.61 Å². The molecule has 2 atom stereocenters. The first kappa shape index (κ1) is 14.8. The summed E-state index contributed by atoms with van der Waals surface area (Å²) in [7, 11) is 1.78. The summed E-state index contributed by atoms with van der Waals surface area (Å²) in [6.07, 6.45) is 1.41. The molecular formula is C16H22N2O2. The van der Waals surface area contributed by atoms with E-state index in [9.17, 15) is 0 Å². The number of methoxy groups -OCH3 is 1. The number of nitriles is 1. The first-order chi connectivity index (χ1) is 9.57. The molecule has 0 aliphatic heterocycles. The summed E-state index contributed by atoms with van der Waals surface area (Å²) in [4.78, 5) is 0. The lowest BCUT2D eigenvalue weighted by molar-refractivity contribution is -0.0979. The molecule has 1 saturated carbocycles. The molecule has 108 valence electrons. The molecule has 2 rings (SSSR count). The van der Waals surface area contributed by atoms with Crippen LogP contribution >= 0.6 is 0 Å². The van der Waals surface area contributed by atoms with Gasteiger partial charge in [0.2, 0.25) is 0 Å². The second-order valence-corrected chi connectivity index (χ2v) is 5.81. The second kappa shape index (κ2) is 6.25. The number of hydrogen-bond acceptors (Lipinski definition) is 4. The van der Waals surface area contributed by atoms with Crippen LogP contribution in [0.15, 0.2) is 24.3 Å². The van der Waals surface area contributed by atoms with Crippen LogP contribution in [0.4, 0.5) is 0 Å². The zero-order valence-electron chi connectivity index (χ0n) is 12.3. The van der Waals surface area contributed by atoms with E-state index >= 15 is 0 Å². The Kier molecular flexibility index (Phi) is 4.64. The molecule has 20 heavy (non-hydrogen) atoms. The van der Waals surface area contributed by atoms with Crippen LogP contribution in [0.1, 0.15) is 25.8 Å². The van der Waals surface area contributed by atoms with Crippen LogP contribution in [-0.2, 0) is 11.3 Å². The van der Waals surface area contributed by atoms with Gasteiger partial charge in [0.25, 0.3) is 0 Å². The van der Waals surface area contributed by atoms with Gasteiger partial charge in [0, 0.05) is 25.1 Å². The van der Waals surface area contributed by atoms with Crippen molar-refractivity contribution in [3.63, 3.8) is 0 Å². The Morgan fingerprint density at radius 2 is 2.05 bits per heavy atom. The Bertz CT molecular complexity index is 476. The van der Waals surface area contributed by atoms with Crippen LogP contribution in [0.3, 0.4) is 0 Å². The van der Waals surface area contributed by atoms with Crippen molar-refractivity contribution in [3.05, 3.63) is 29.8 Å². The molecule has 4 heteroatoms. The predicted octanol–water partition coefficient (Wildman–Crippen LogP) is 2.49. The van der Waals surface area contributed by atoms with Gasteiger partial charge in [-0.2, -0.15) is 5.26 Å². The van der Waals surface area contributed by atoms with E-state index in [0.717, 1.165) is 18.7 Å². The van der Waals surface area contributed by atoms with Crippen LogP contribution in [0.5, 0.6) is 5.75 Å². The Labute approximate surface area is 120 Å². The van der Waals surface area contributed by atoms with Crippen molar-refractivity contribution in [3.8, 4) is 11.8 Å². The molecular weight excluding hydrogens is 252 g/mol. The average Bonchev–Trinajstić information content (AvgIpc) is 2.45. The number of benzene rings is 1. The van der Waals surface area contributed by atoms with Gasteiger partial charge >= 0.3 is 0 Å². The minimum atomic E-state index is 0.0895. The third-order valence-electron chi connectivity index (χ3n) is 4.24. The van der Waals surface area contributed by atoms with Gasteiger partial charge < -0.3 is 14.8 Å². The normalized spacial score (nSPS) is 23.7. The zero-order chi connectivity index (χ0) is 14.6. The molecule has 1 aliphatic carbocycles. The van der Waals surface area contributed by atoms with Crippen molar-refractivity contribution in [2.75, 3.05) is 13.7 Å². The van der Waals surface area contributed by atoms with Crippen LogP contribution in [0.2, 0.25) is 0 Å². The fourth-order valence-corrected chi connectivity index (χ4v) is 2.69. The number of hydrogen-bond donors (Lipinski definition) is 1. The average molecular weight is 274 g/mol. The van der Waals surface area contributed by atoms with Crippen LogP contribution in [0.25, 0.3) is 0 Å². The van der Waals surface area contributed by atoms with Crippen LogP contribution in [-0.4, -0.2) is 25.9 Å². The highest BCUT2D eigenvalue weighted by Gasteiger charge is 2.48. The van der Waals surface area contributed by atoms with Gasteiger partial charge in [-0.25, -0.2) is 0 Å². The third-order valence-corrected chi connectivity index (χ3v) is 4.24. The quantitative estimate of drug-likeness (QED) is 0.866. The molecule has 0 heterocycles. The Hall–Kier alpha value is -1.57. The highest BCUT2D eigenvalue weighted by molar-refractivity contribution is 5.27. The largest absolute Gasteiger partial charge is 0.479 e. The first-order valence-corrected chi connectivity index (χ1v) is 6.92. The van der Waals surface area contributed by atoms with E-state index in [2.05, 4.69) is 19.2 Å². The minimum Gasteiger partial charge on any atom is -0.479 e. The summed E-state index contributed by atoms with van der Waals surface area (Å²) in [6.45, 7) is 5.40. The summed E-state index contributed by atoms with van der Waals surface area (Å²) in [5.74, 6) is 0.735. The van der Waals surface area contributed by atoms with Crippen molar-refractivity contribution in [1.82, 2.24) is 5.32 Å². The van der Waals surface area contributed by atoms with Gasteiger partial charge in [-0.1, -0.05) is 26.0 Å². The summed E-state index contributed by atoms with van der Waals surface area (Å²) in [6, 6.07) is 10.3. The van der Waals surface area contributed by atoms with Gasteiger partial charge in [-0.3, -0.25) is 0 Å². The lowest BCUT2D eigenvalue weighted by Crippen LogP contribution is -2.60. The molecule has 2 unspecified atom stereocenters. The molecule has 1 aliphatic rings. The summed E-state index contributed by atoms with van der Waals surface area (Å²) in [5.41, 5.74) is 1.40. The SMILES string of the molecule is COC1CC(NCc2ccc(OCC#N)cc2)C1(C)C. The number of ether oxygens (including phenoxy) is 2. The molecule has 1 fully saturated rings. The fourth-order valence-electron chi connectivity index (χ4n) is 2.69. The molecule has 4 nitrogen and oxygen atoms in total. The Morgan fingerprint density at radius 1 is 1.35 bits per heavy atom. The van der Waals surface area contributed by atoms with Gasteiger partial charge in [-0.05, 0) is 24.1 Å². The van der Waals surface area contributed by atoms with Crippen molar-refractivity contribution in [1.29, 1.82) is 5.26 Å². The monoisotopic (exact) mass is 274 g/mol. The lowest BCUT2D eigenvalue weighted by Gasteiger charge is -2.51. The molecule has 1 aromatic carbocycles. The number of nitrogens with one attached hydrogen (secondary N) is 1. The topological polar surface area (TPSA) is 54.3 Å². The highest BCUT2D eigenvalue weighted by Crippen LogP contribution is 2.42. The van der Waals surface area contributed by atoms with E-state index in [0.29, 0.717) is 12.1 Å². The smallest absolute Gasteiger partial charge is 0.174 e. The highest BCUT2D eigenvalue weighted by atomic mass is 16.5. The summed E-state index contributed by atoms with van der Waals surface area (Å²) < 4.78 is 10.7. The molecule has 0 amide bonds. The standard InChI is InChI=1S/C16H22N2O2/c1-16(2)14(10-15(16)19-3)18-11-12-4-6-13(7-5-12)20-9-8-17/h4-7,14-15,18H,9-11H2,1-3H3. The van der Waals surface area contributed by atoms with Gasteiger partial charge in [-0.15, -0.1) is 0 Å².